The minimum atomic E-state index is -0.334. The summed E-state index contributed by atoms with van der Waals surface area (Å²) in [5.74, 6) is 1.93. The molecular formula is C109H100F4N2O18. The minimum absolute atomic E-state index is 0.00106. The maximum atomic E-state index is 14.2. The molecule has 0 unspecified atom stereocenters. The van der Waals surface area contributed by atoms with Gasteiger partial charge in [0.15, 0.2) is 58.2 Å². The number of nitrogens with zero attached hydrogens (tertiary/aromatic N) is 2. The van der Waals surface area contributed by atoms with Gasteiger partial charge in [0.2, 0.25) is 28.9 Å². The van der Waals surface area contributed by atoms with E-state index in [0.29, 0.717) is 109 Å². The fourth-order valence-corrected chi connectivity index (χ4v) is 16.9. The second kappa shape index (κ2) is 43.3. The molecule has 682 valence electrons. The number of phenolic OH excluding ortho intramolecular Hbond substituents is 4. The SMILES string of the molecule is COc1cc(/C=C2/C(C)=C(CCC(=O)Cc3ccccc3)c3cc(F)ccc32)cc(OC)c1O.COc1cc(/C=C2/C(C)=C(CCC(=O)Cc3cnco3)c3cc(F)ccc32)cc(OC)c1O.COc1cc(/C=C2/C(C)=C(CCC(=O)Cc3ncco3)c3cc(F)ccc32)cc(OC)c1O.COc1cc(/C=C2/C(C)=C(CCC(=O)c3ccccc3)c3cc(F)ccc32)cc(OC)c1O. The molecule has 0 saturated heterocycles. The van der Waals surface area contributed by atoms with Crippen LogP contribution in [0.25, 0.3) is 68.9 Å². The van der Waals surface area contributed by atoms with Gasteiger partial charge >= 0.3 is 0 Å². The number of phenols is 4. The Hall–Kier alpha value is -15.5. The van der Waals surface area contributed by atoms with E-state index >= 15 is 0 Å². The highest BCUT2D eigenvalue weighted by atomic mass is 19.1. The van der Waals surface area contributed by atoms with Crippen LogP contribution in [-0.4, -0.2) is 110 Å². The number of Topliss-reactive ketones (excluding diaryl/α,β-unsaturated/α-hetero) is 4. The van der Waals surface area contributed by atoms with Crippen molar-refractivity contribution in [2.24, 2.45) is 0 Å². The van der Waals surface area contributed by atoms with Gasteiger partial charge in [-0.1, -0.05) is 84.9 Å². The Morgan fingerprint density at radius 2 is 0.639 bits per heavy atom. The molecule has 10 aromatic carbocycles. The lowest BCUT2D eigenvalue weighted by Crippen LogP contribution is -2.03. The third kappa shape index (κ3) is 22.2. The van der Waals surface area contributed by atoms with Crippen molar-refractivity contribution < 1.29 is 104 Å². The van der Waals surface area contributed by atoms with E-state index in [0.717, 1.165) is 139 Å². The van der Waals surface area contributed by atoms with Crippen molar-refractivity contribution in [3.63, 3.8) is 0 Å². The summed E-state index contributed by atoms with van der Waals surface area (Å²) in [6, 6.07) is 51.4. The van der Waals surface area contributed by atoms with E-state index in [1.807, 2.05) is 113 Å². The maximum absolute atomic E-state index is 14.2. The van der Waals surface area contributed by atoms with Gasteiger partial charge in [0, 0.05) is 37.7 Å². The molecule has 0 aliphatic heterocycles. The number of hydrogen-bond donors (Lipinski definition) is 4. The third-order valence-electron chi connectivity index (χ3n) is 23.7. The number of aromatic nitrogens is 2. The number of hydrogen-bond acceptors (Lipinski definition) is 20. The van der Waals surface area contributed by atoms with Crippen LogP contribution in [0.5, 0.6) is 69.0 Å². The Labute approximate surface area is 768 Å². The van der Waals surface area contributed by atoms with Crippen LogP contribution < -0.4 is 37.9 Å². The first-order valence-electron chi connectivity index (χ1n) is 42.8. The fourth-order valence-electron chi connectivity index (χ4n) is 16.9. The second-order valence-corrected chi connectivity index (χ2v) is 31.8. The molecule has 16 rings (SSSR count). The van der Waals surface area contributed by atoms with Crippen molar-refractivity contribution in [1.82, 2.24) is 9.97 Å². The van der Waals surface area contributed by atoms with E-state index in [1.165, 1.54) is 130 Å². The average molecular weight is 1800 g/mol. The molecule has 4 aliphatic rings. The van der Waals surface area contributed by atoms with Crippen molar-refractivity contribution >= 4 is 92.0 Å². The zero-order valence-electron chi connectivity index (χ0n) is 75.6. The topological polar surface area (TPSA) is 275 Å². The number of benzene rings is 10. The first-order valence-corrected chi connectivity index (χ1v) is 42.8. The van der Waals surface area contributed by atoms with Crippen molar-refractivity contribution in [3.8, 4) is 69.0 Å². The Morgan fingerprint density at radius 3 is 0.925 bits per heavy atom. The molecular weight excluding hydrogens is 1700 g/mol. The highest BCUT2D eigenvalue weighted by Gasteiger charge is 2.31. The number of carbonyl (C=O) groups is 4. The quantitative estimate of drug-likeness (QED) is 0.0232. The fraction of sp³-hybridized carbons (Fsp3) is 0.211. The highest BCUT2D eigenvalue weighted by Crippen LogP contribution is 2.52. The van der Waals surface area contributed by atoms with Crippen LogP contribution in [0.15, 0.2) is 238 Å². The van der Waals surface area contributed by atoms with Gasteiger partial charge in [0.05, 0.1) is 82.1 Å². The Bertz CT molecular complexity index is 6380. The summed E-state index contributed by atoms with van der Waals surface area (Å²) in [7, 11) is 11.8. The van der Waals surface area contributed by atoms with Crippen LogP contribution in [0.1, 0.15) is 173 Å². The standard InChI is InChI=1S/C29H27FO4.C28H25FO4.2C26H24FNO5/c1-18-23(12-10-22(31)13-19-7-5-4-6-8-19)26-17-21(30)9-11-24(26)25(18)14-20-15-27(33-2)29(32)28(16-20)34-3;1-17-21(11-12-25(30)19-7-5-4-6-8-19)24-16-20(29)9-10-22(24)23(17)13-18-14-26(32-2)28(31)27(15-18)33-3;1-15-20(7-5-18(29)12-19-13-28-14-33-19)23-11-17(27)4-6-21(23)22(15)8-16-9-24(31-2)26(30)25(10-16)32-3;1-15-19(7-5-18(29)14-25-28-8-9-33-25)22-13-17(27)4-6-20(22)21(15)10-16-11-23(31-2)26(30)24(12-16)32-3/h4-9,11,14-17,32H,10,12-13H2,1-3H3;4-10,13-16,31H,11-12H2,1-3H3;4,6,8-11,13-14,30H,5,7,12H2,1-3H3;4,6,8-13,30H,5,7,14H2,1-3H3/b25-14-;23-13-;22-8-;21-10-. The molecule has 133 heavy (non-hydrogen) atoms. The van der Waals surface area contributed by atoms with Gasteiger partial charge in [-0.05, 0) is 314 Å². The second-order valence-electron chi connectivity index (χ2n) is 31.8. The van der Waals surface area contributed by atoms with Gasteiger partial charge in [-0.3, -0.25) is 19.2 Å². The van der Waals surface area contributed by atoms with Crippen molar-refractivity contribution in [1.29, 1.82) is 0 Å². The molecule has 20 nitrogen and oxygen atoms in total. The summed E-state index contributed by atoms with van der Waals surface area (Å²) < 4.78 is 109. The summed E-state index contributed by atoms with van der Waals surface area (Å²) in [5, 5.41) is 40.9. The first-order chi connectivity index (χ1) is 64.1. The lowest BCUT2D eigenvalue weighted by Gasteiger charge is -2.11. The average Bonchev–Trinajstić information content (AvgIpc) is 1.63. The van der Waals surface area contributed by atoms with Crippen molar-refractivity contribution in [3.05, 3.63) is 342 Å². The minimum Gasteiger partial charge on any atom is -0.502 e. The number of fused-ring (bicyclic) bond motifs is 4. The third-order valence-corrected chi connectivity index (χ3v) is 23.7. The molecule has 2 aromatic heterocycles. The molecule has 4 aliphatic carbocycles. The molecule has 0 saturated carbocycles. The number of aromatic hydroxyl groups is 4. The Kier molecular flexibility index (Phi) is 31.0. The molecule has 24 heteroatoms. The zero-order chi connectivity index (χ0) is 94.8. The number of rotatable bonds is 31. The van der Waals surface area contributed by atoms with Gasteiger partial charge < -0.3 is 67.2 Å². The monoisotopic (exact) mass is 1800 g/mol. The van der Waals surface area contributed by atoms with E-state index in [-0.39, 0.29) is 93.7 Å². The molecule has 0 spiro atoms. The van der Waals surface area contributed by atoms with E-state index in [4.69, 9.17) is 46.7 Å². The smallest absolute Gasteiger partial charge is 0.201 e. The van der Waals surface area contributed by atoms with E-state index < -0.39 is 0 Å². The van der Waals surface area contributed by atoms with Crippen LogP contribution in [0.3, 0.4) is 0 Å². The number of methoxy groups -OCH3 is 8. The lowest BCUT2D eigenvalue weighted by molar-refractivity contribution is -0.119. The summed E-state index contributed by atoms with van der Waals surface area (Å²) in [6.07, 6.45) is 17.6. The van der Waals surface area contributed by atoms with Gasteiger partial charge in [0.25, 0.3) is 0 Å². The van der Waals surface area contributed by atoms with E-state index in [1.54, 1.807) is 72.8 Å². The largest absolute Gasteiger partial charge is 0.502 e. The zero-order valence-corrected chi connectivity index (χ0v) is 75.6. The van der Waals surface area contributed by atoms with Gasteiger partial charge in [-0.15, -0.1) is 0 Å². The van der Waals surface area contributed by atoms with Crippen LogP contribution in [-0.2, 0) is 33.6 Å². The summed E-state index contributed by atoms with van der Waals surface area (Å²) in [6.45, 7) is 7.91. The van der Waals surface area contributed by atoms with Crippen LogP contribution in [0, 0.1) is 23.3 Å². The molecule has 12 aromatic rings. The number of allylic oxidation sites excluding steroid dienone is 12. The summed E-state index contributed by atoms with van der Waals surface area (Å²) >= 11 is 0. The maximum Gasteiger partial charge on any atom is 0.201 e. The molecule has 0 radical (unpaired) electrons. The predicted molar refractivity (Wildman–Crippen MR) is 506 cm³/mol. The van der Waals surface area contributed by atoms with Gasteiger partial charge in [-0.2, -0.15) is 0 Å². The number of ether oxygens (including phenoxy) is 8. The summed E-state index contributed by atoms with van der Waals surface area (Å²) in [5.41, 5.74) is 22.9. The first kappa shape index (κ1) is 95.1. The lowest BCUT2D eigenvalue weighted by atomic mass is 9.97. The van der Waals surface area contributed by atoms with E-state index in [2.05, 4.69) is 9.97 Å². The molecule has 2 heterocycles. The van der Waals surface area contributed by atoms with Crippen molar-refractivity contribution in [2.75, 3.05) is 56.9 Å². The molecule has 0 bridgehead atoms. The number of carbonyl (C=O) groups excluding carboxylic acids is 4. The van der Waals surface area contributed by atoms with Gasteiger partial charge in [-0.25, -0.2) is 27.5 Å². The van der Waals surface area contributed by atoms with Crippen LogP contribution >= 0.6 is 0 Å². The van der Waals surface area contributed by atoms with E-state index in [9.17, 15) is 57.2 Å². The molecule has 0 amide bonds. The number of oxazole rings is 2. The van der Waals surface area contributed by atoms with Crippen LogP contribution in [0.2, 0.25) is 0 Å². The normalized spacial score (nSPS) is 13.9. The molecule has 0 atom stereocenters. The number of ketones is 4. The highest BCUT2D eigenvalue weighted by molar-refractivity contribution is 6.10. The Balaban J connectivity index is 0.000000151. The van der Waals surface area contributed by atoms with Crippen molar-refractivity contribution in [2.45, 2.75) is 98.3 Å². The van der Waals surface area contributed by atoms with Gasteiger partial charge in [0.1, 0.15) is 52.6 Å². The molecule has 0 fully saturated rings. The van der Waals surface area contributed by atoms with Crippen LogP contribution in [0.4, 0.5) is 17.6 Å². The predicted octanol–water partition coefficient (Wildman–Crippen LogP) is 23.9. The summed E-state index contributed by atoms with van der Waals surface area (Å²) in [4.78, 5) is 58.0. The molecule has 4 N–H and O–H groups in total. The Morgan fingerprint density at radius 1 is 0.346 bits per heavy atom. The number of halogens is 4.